The average Bonchev–Trinajstić information content (AvgIpc) is 2.61. The summed E-state index contributed by atoms with van der Waals surface area (Å²) in [6.07, 6.45) is -0.506. The van der Waals surface area contributed by atoms with E-state index in [9.17, 15) is 5.11 Å². The number of hydrogen-bond acceptors (Lipinski definition) is 4. The van der Waals surface area contributed by atoms with Crippen molar-refractivity contribution < 1.29 is 19.3 Å². The first-order chi connectivity index (χ1) is 7.31. The van der Waals surface area contributed by atoms with Crippen molar-refractivity contribution in [3.8, 4) is 11.5 Å². The third kappa shape index (κ3) is 2.22. The summed E-state index contributed by atoms with van der Waals surface area (Å²) in [4.78, 5) is 0. The van der Waals surface area contributed by atoms with Crippen molar-refractivity contribution in [2.75, 3.05) is 26.9 Å². The minimum absolute atomic E-state index is 0.330. The van der Waals surface area contributed by atoms with Gasteiger partial charge in [0.25, 0.3) is 0 Å². The van der Waals surface area contributed by atoms with Gasteiger partial charge in [-0.25, -0.2) is 0 Å². The summed E-state index contributed by atoms with van der Waals surface area (Å²) in [6, 6.07) is 5.45. The van der Waals surface area contributed by atoms with Gasteiger partial charge in [-0.05, 0) is 12.1 Å². The molecule has 0 aromatic heterocycles. The normalized spacial score (nSPS) is 18.4. The molecule has 2 rings (SSSR count). The second-order valence-corrected chi connectivity index (χ2v) is 3.37. The maximum absolute atomic E-state index is 9.50. The first kappa shape index (κ1) is 10.3. The van der Waals surface area contributed by atoms with Crippen molar-refractivity contribution in [3.05, 3.63) is 23.8 Å². The Labute approximate surface area is 88.4 Å². The van der Waals surface area contributed by atoms with E-state index in [0.717, 1.165) is 11.3 Å². The SMILES string of the molecule is COCCOc1ccc2c(c1)OCC2O. The zero-order chi connectivity index (χ0) is 10.7. The maximum Gasteiger partial charge on any atom is 0.129 e. The predicted molar refractivity (Wildman–Crippen MR) is 54.3 cm³/mol. The second-order valence-electron chi connectivity index (χ2n) is 3.37. The van der Waals surface area contributed by atoms with Crippen molar-refractivity contribution in [3.63, 3.8) is 0 Å². The summed E-state index contributed by atoms with van der Waals surface area (Å²) in [5.41, 5.74) is 0.828. The van der Waals surface area contributed by atoms with Crippen LogP contribution < -0.4 is 9.47 Å². The first-order valence-electron chi connectivity index (χ1n) is 4.88. The molecular weight excluding hydrogens is 196 g/mol. The van der Waals surface area contributed by atoms with E-state index >= 15 is 0 Å². The van der Waals surface area contributed by atoms with Gasteiger partial charge in [0, 0.05) is 18.7 Å². The molecule has 4 heteroatoms. The van der Waals surface area contributed by atoms with Crippen LogP contribution in [0.3, 0.4) is 0 Å². The van der Waals surface area contributed by atoms with Gasteiger partial charge in [-0.3, -0.25) is 0 Å². The van der Waals surface area contributed by atoms with Gasteiger partial charge in [-0.2, -0.15) is 0 Å². The van der Waals surface area contributed by atoms with E-state index in [1.165, 1.54) is 0 Å². The van der Waals surface area contributed by atoms with Crippen LogP contribution in [0.4, 0.5) is 0 Å². The summed E-state index contributed by atoms with van der Waals surface area (Å²) in [6.45, 7) is 1.40. The molecule has 1 aromatic rings. The van der Waals surface area contributed by atoms with Crippen LogP contribution in [0, 0.1) is 0 Å². The fraction of sp³-hybridized carbons (Fsp3) is 0.455. The van der Waals surface area contributed by atoms with Gasteiger partial charge < -0.3 is 19.3 Å². The van der Waals surface area contributed by atoms with Crippen LogP contribution >= 0.6 is 0 Å². The molecule has 0 aliphatic carbocycles. The minimum Gasteiger partial charge on any atom is -0.491 e. The van der Waals surface area contributed by atoms with Crippen molar-refractivity contribution in [1.29, 1.82) is 0 Å². The van der Waals surface area contributed by atoms with E-state index in [1.807, 2.05) is 12.1 Å². The lowest BCUT2D eigenvalue weighted by Crippen LogP contribution is -2.04. The average molecular weight is 210 g/mol. The van der Waals surface area contributed by atoms with Crippen LogP contribution in [0.2, 0.25) is 0 Å². The Morgan fingerprint density at radius 2 is 2.33 bits per heavy atom. The Balaban J connectivity index is 2.03. The zero-order valence-corrected chi connectivity index (χ0v) is 8.60. The Bertz CT molecular complexity index is 337. The quantitative estimate of drug-likeness (QED) is 0.757. The van der Waals surface area contributed by atoms with Gasteiger partial charge in [0.1, 0.15) is 30.8 Å². The highest BCUT2D eigenvalue weighted by Gasteiger charge is 2.21. The van der Waals surface area contributed by atoms with Crippen LogP contribution in [-0.2, 0) is 4.74 Å². The van der Waals surface area contributed by atoms with Gasteiger partial charge in [0.15, 0.2) is 0 Å². The molecule has 1 unspecified atom stereocenters. The molecule has 1 atom stereocenters. The second kappa shape index (κ2) is 4.51. The molecule has 15 heavy (non-hydrogen) atoms. The van der Waals surface area contributed by atoms with Crippen molar-refractivity contribution in [1.82, 2.24) is 0 Å². The number of aliphatic hydroxyl groups is 1. The van der Waals surface area contributed by atoms with E-state index in [2.05, 4.69) is 0 Å². The molecule has 1 aliphatic rings. The Morgan fingerprint density at radius 1 is 1.47 bits per heavy atom. The largest absolute Gasteiger partial charge is 0.491 e. The highest BCUT2D eigenvalue weighted by Crippen LogP contribution is 2.34. The van der Waals surface area contributed by atoms with Crippen LogP contribution in [0.15, 0.2) is 18.2 Å². The monoisotopic (exact) mass is 210 g/mol. The smallest absolute Gasteiger partial charge is 0.129 e. The Morgan fingerprint density at radius 3 is 3.13 bits per heavy atom. The predicted octanol–water partition coefficient (Wildman–Crippen LogP) is 1.14. The lowest BCUT2D eigenvalue weighted by atomic mass is 10.1. The molecule has 0 fully saturated rings. The summed E-state index contributed by atoms with van der Waals surface area (Å²) in [7, 11) is 1.63. The van der Waals surface area contributed by atoms with E-state index < -0.39 is 6.10 Å². The van der Waals surface area contributed by atoms with Gasteiger partial charge in [-0.15, -0.1) is 0 Å². The summed E-state index contributed by atoms with van der Waals surface area (Å²) < 4.78 is 15.6. The number of aliphatic hydroxyl groups excluding tert-OH is 1. The lowest BCUT2D eigenvalue weighted by molar-refractivity contribution is 0.140. The van der Waals surface area contributed by atoms with Gasteiger partial charge >= 0.3 is 0 Å². The van der Waals surface area contributed by atoms with Crippen molar-refractivity contribution >= 4 is 0 Å². The van der Waals surface area contributed by atoms with Crippen LogP contribution in [0.5, 0.6) is 11.5 Å². The van der Waals surface area contributed by atoms with Crippen molar-refractivity contribution in [2.45, 2.75) is 6.10 Å². The number of hydrogen-bond donors (Lipinski definition) is 1. The first-order valence-corrected chi connectivity index (χ1v) is 4.88. The zero-order valence-electron chi connectivity index (χ0n) is 8.60. The molecule has 1 N–H and O–H groups in total. The van der Waals surface area contributed by atoms with Crippen LogP contribution in [0.1, 0.15) is 11.7 Å². The number of fused-ring (bicyclic) bond motifs is 1. The lowest BCUT2D eigenvalue weighted by Gasteiger charge is -2.07. The molecule has 4 nitrogen and oxygen atoms in total. The standard InChI is InChI=1S/C11H14O4/c1-13-4-5-14-8-2-3-9-10(12)7-15-11(9)6-8/h2-3,6,10,12H,4-5,7H2,1H3. The Hall–Kier alpha value is -1.26. The van der Waals surface area contributed by atoms with Gasteiger partial charge in [0.05, 0.1) is 6.61 Å². The third-order valence-corrected chi connectivity index (χ3v) is 2.30. The molecule has 0 spiro atoms. The summed E-state index contributed by atoms with van der Waals surface area (Å²) in [5.74, 6) is 1.44. The minimum atomic E-state index is -0.506. The van der Waals surface area contributed by atoms with E-state index in [-0.39, 0.29) is 0 Å². The highest BCUT2D eigenvalue weighted by atomic mass is 16.5. The van der Waals surface area contributed by atoms with Gasteiger partial charge in [-0.1, -0.05) is 0 Å². The van der Waals surface area contributed by atoms with E-state index in [0.29, 0.717) is 25.6 Å². The van der Waals surface area contributed by atoms with Crippen molar-refractivity contribution in [2.24, 2.45) is 0 Å². The molecule has 0 bridgehead atoms. The molecule has 1 aliphatic heterocycles. The highest BCUT2D eigenvalue weighted by molar-refractivity contribution is 5.44. The van der Waals surface area contributed by atoms with E-state index in [1.54, 1.807) is 13.2 Å². The molecule has 1 heterocycles. The fourth-order valence-electron chi connectivity index (χ4n) is 1.51. The third-order valence-electron chi connectivity index (χ3n) is 2.30. The topological polar surface area (TPSA) is 47.9 Å². The maximum atomic E-state index is 9.50. The molecule has 0 saturated heterocycles. The van der Waals surface area contributed by atoms with Crippen LogP contribution in [-0.4, -0.2) is 32.0 Å². The van der Waals surface area contributed by atoms with Crippen LogP contribution in [0.25, 0.3) is 0 Å². The summed E-state index contributed by atoms with van der Waals surface area (Å²) >= 11 is 0. The molecule has 1 aromatic carbocycles. The van der Waals surface area contributed by atoms with Gasteiger partial charge in [0.2, 0.25) is 0 Å². The molecule has 0 saturated carbocycles. The molecule has 0 radical (unpaired) electrons. The Kier molecular flexibility index (Phi) is 3.08. The molecule has 82 valence electrons. The number of benzene rings is 1. The fourth-order valence-corrected chi connectivity index (χ4v) is 1.51. The number of rotatable bonds is 4. The number of methoxy groups -OCH3 is 1. The van der Waals surface area contributed by atoms with E-state index in [4.69, 9.17) is 14.2 Å². The number of ether oxygens (including phenoxy) is 3. The summed E-state index contributed by atoms with van der Waals surface area (Å²) in [5, 5.41) is 9.50. The molecule has 0 amide bonds. The molecular formula is C11H14O4.